The van der Waals surface area contributed by atoms with Gasteiger partial charge in [0.25, 0.3) is 0 Å². The molecule has 0 bridgehead atoms. The Balaban J connectivity index is 2.21. The third-order valence-corrected chi connectivity index (χ3v) is 3.92. The van der Waals surface area contributed by atoms with Gasteiger partial charge >= 0.3 is 0 Å². The van der Waals surface area contributed by atoms with Crippen molar-refractivity contribution in [3.8, 4) is 5.75 Å². The van der Waals surface area contributed by atoms with Gasteiger partial charge in [0.15, 0.2) is 0 Å². The van der Waals surface area contributed by atoms with Gasteiger partial charge in [-0.2, -0.15) is 0 Å². The molecular formula is C18H21BrO. The van der Waals surface area contributed by atoms with Gasteiger partial charge in [-0.1, -0.05) is 79.2 Å². The van der Waals surface area contributed by atoms with Crippen LogP contribution in [-0.2, 0) is 17.4 Å². The molecule has 1 nitrogen and oxygen atoms in total. The zero-order chi connectivity index (χ0) is 14.6. The zero-order valence-electron chi connectivity index (χ0n) is 12.3. The summed E-state index contributed by atoms with van der Waals surface area (Å²) in [6.07, 6.45) is 0. The highest BCUT2D eigenvalue weighted by molar-refractivity contribution is 9.08. The lowest BCUT2D eigenvalue weighted by atomic mass is 9.86. The fraction of sp³-hybridized carbons (Fsp3) is 0.333. The van der Waals surface area contributed by atoms with Crippen molar-refractivity contribution in [2.75, 3.05) is 0 Å². The van der Waals surface area contributed by atoms with E-state index in [0.717, 1.165) is 11.1 Å². The molecule has 2 rings (SSSR count). The molecule has 0 aromatic heterocycles. The minimum atomic E-state index is 0.135. The summed E-state index contributed by atoms with van der Waals surface area (Å²) in [5.74, 6) is 0.971. The highest BCUT2D eigenvalue weighted by Crippen LogP contribution is 2.30. The van der Waals surface area contributed by atoms with Crippen molar-refractivity contribution in [1.82, 2.24) is 0 Å². The molecule has 0 amide bonds. The summed E-state index contributed by atoms with van der Waals surface area (Å²) >= 11 is 3.53. The van der Waals surface area contributed by atoms with Crippen LogP contribution >= 0.6 is 15.9 Å². The second kappa shape index (κ2) is 6.45. The normalized spacial score (nSPS) is 11.4. The van der Waals surface area contributed by atoms with Crippen LogP contribution < -0.4 is 4.74 Å². The van der Waals surface area contributed by atoms with Crippen LogP contribution in [0.2, 0.25) is 0 Å². The van der Waals surface area contributed by atoms with Crippen molar-refractivity contribution >= 4 is 15.9 Å². The molecular weight excluding hydrogens is 312 g/mol. The van der Waals surface area contributed by atoms with Gasteiger partial charge in [0.05, 0.1) is 0 Å². The third-order valence-electron chi connectivity index (χ3n) is 3.31. The summed E-state index contributed by atoms with van der Waals surface area (Å²) in [5, 5.41) is 0.807. The first-order valence-corrected chi connectivity index (χ1v) is 7.99. The minimum Gasteiger partial charge on any atom is -0.489 e. The maximum atomic E-state index is 6.02. The molecule has 2 aromatic carbocycles. The van der Waals surface area contributed by atoms with E-state index >= 15 is 0 Å². The van der Waals surface area contributed by atoms with Gasteiger partial charge in [0.1, 0.15) is 12.4 Å². The SMILES string of the molecule is CC(C)(C)c1ccc(CBr)c(OCc2ccccc2)c1. The predicted molar refractivity (Wildman–Crippen MR) is 88.5 cm³/mol. The molecule has 106 valence electrons. The number of rotatable bonds is 4. The van der Waals surface area contributed by atoms with Crippen molar-refractivity contribution in [2.24, 2.45) is 0 Å². The van der Waals surface area contributed by atoms with Crippen molar-refractivity contribution in [3.05, 3.63) is 65.2 Å². The average Bonchev–Trinajstić information content (AvgIpc) is 2.45. The predicted octanol–water partition coefficient (Wildman–Crippen LogP) is 5.46. The summed E-state index contributed by atoms with van der Waals surface area (Å²) in [7, 11) is 0. The van der Waals surface area contributed by atoms with E-state index in [1.54, 1.807) is 0 Å². The minimum absolute atomic E-state index is 0.135. The van der Waals surface area contributed by atoms with Crippen molar-refractivity contribution in [3.63, 3.8) is 0 Å². The van der Waals surface area contributed by atoms with Gasteiger partial charge in [0, 0.05) is 10.9 Å². The number of halogens is 1. The number of alkyl halides is 1. The zero-order valence-corrected chi connectivity index (χ0v) is 13.9. The van der Waals surface area contributed by atoms with Crippen molar-refractivity contribution < 1.29 is 4.74 Å². The molecule has 0 aliphatic heterocycles. The summed E-state index contributed by atoms with van der Waals surface area (Å²) < 4.78 is 6.02. The van der Waals surface area contributed by atoms with Gasteiger partial charge in [0.2, 0.25) is 0 Å². The van der Waals surface area contributed by atoms with E-state index in [2.05, 4.69) is 67.0 Å². The molecule has 0 unspecified atom stereocenters. The largest absolute Gasteiger partial charge is 0.489 e. The quantitative estimate of drug-likeness (QED) is 0.675. The number of benzene rings is 2. The first kappa shape index (κ1) is 15.1. The second-order valence-corrected chi connectivity index (χ2v) is 6.54. The molecule has 0 saturated heterocycles. The standard InChI is InChI=1S/C18H21BrO/c1-18(2,3)16-10-9-15(12-19)17(11-16)20-13-14-7-5-4-6-8-14/h4-11H,12-13H2,1-3H3. The molecule has 20 heavy (non-hydrogen) atoms. The molecule has 0 fully saturated rings. The summed E-state index contributed by atoms with van der Waals surface area (Å²) in [5.41, 5.74) is 3.81. The van der Waals surface area contributed by atoms with Crippen LogP contribution in [0.1, 0.15) is 37.5 Å². The van der Waals surface area contributed by atoms with Gasteiger partial charge in [-0.3, -0.25) is 0 Å². The molecule has 2 heteroatoms. The van der Waals surface area contributed by atoms with E-state index in [9.17, 15) is 0 Å². The summed E-state index contributed by atoms with van der Waals surface area (Å²) in [6.45, 7) is 7.26. The van der Waals surface area contributed by atoms with Crippen molar-refractivity contribution in [1.29, 1.82) is 0 Å². The Morgan fingerprint density at radius 1 is 1.00 bits per heavy atom. The molecule has 0 spiro atoms. The van der Waals surface area contributed by atoms with E-state index in [1.807, 2.05) is 18.2 Å². The highest BCUT2D eigenvalue weighted by Gasteiger charge is 2.16. The number of ether oxygens (including phenoxy) is 1. The monoisotopic (exact) mass is 332 g/mol. The van der Waals surface area contributed by atoms with Crippen LogP contribution in [-0.4, -0.2) is 0 Å². The Hall–Kier alpha value is -1.28. The lowest BCUT2D eigenvalue weighted by molar-refractivity contribution is 0.303. The summed E-state index contributed by atoms with van der Waals surface area (Å²) in [4.78, 5) is 0. The summed E-state index contributed by atoms with van der Waals surface area (Å²) in [6, 6.07) is 16.8. The maximum absolute atomic E-state index is 6.02. The lowest BCUT2D eigenvalue weighted by Crippen LogP contribution is -2.11. The van der Waals surface area contributed by atoms with Crippen molar-refractivity contribution in [2.45, 2.75) is 38.1 Å². The number of hydrogen-bond acceptors (Lipinski definition) is 1. The molecule has 0 aliphatic rings. The smallest absolute Gasteiger partial charge is 0.124 e. The van der Waals surface area contributed by atoms with Crippen LogP contribution in [0.5, 0.6) is 5.75 Å². The lowest BCUT2D eigenvalue weighted by Gasteiger charge is -2.21. The number of hydrogen-bond donors (Lipinski definition) is 0. The van der Waals surface area contributed by atoms with Crippen LogP contribution in [0.3, 0.4) is 0 Å². The Bertz CT molecular complexity index is 555. The molecule has 0 aliphatic carbocycles. The third kappa shape index (κ3) is 3.86. The van der Waals surface area contributed by atoms with E-state index in [-0.39, 0.29) is 5.41 Å². The average molecular weight is 333 g/mol. The van der Waals surface area contributed by atoms with Crippen LogP contribution in [0.4, 0.5) is 0 Å². The van der Waals surface area contributed by atoms with E-state index in [1.165, 1.54) is 16.7 Å². The molecule has 0 radical (unpaired) electrons. The van der Waals surface area contributed by atoms with E-state index < -0.39 is 0 Å². The van der Waals surface area contributed by atoms with Gasteiger partial charge in [-0.25, -0.2) is 0 Å². The van der Waals surface area contributed by atoms with Gasteiger partial charge in [-0.15, -0.1) is 0 Å². The van der Waals surface area contributed by atoms with E-state index in [4.69, 9.17) is 4.74 Å². The fourth-order valence-corrected chi connectivity index (χ4v) is 2.46. The Morgan fingerprint density at radius 3 is 2.30 bits per heavy atom. The topological polar surface area (TPSA) is 9.23 Å². The van der Waals surface area contributed by atoms with Crippen LogP contribution in [0.25, 0.3) is 0 Å². The molecule has 2 aromatic rings. The van der Waals surface area contributed by atoms with Crippen LogP contribution in [0.15, 0.2) is 48.5 Å². The Labute approximate surface area is 130 Å². The molecule has 0 heterocycles. The fourth-order valence-electron chi connectivity index (χ4n) is 2.00. The van der Waals surface area contributed by atoms with Gasteiger partial charge in [-0.05, 0) is 22.6 Å². The van der Waals surface area contributed by atoms with Gasteiger partial charge < -0.3 is 4.74 Å². The molecule has 0 saturated carbocycles. The molecule has 0 N–H and O–H groups in total. The highest BCUT2D eigenvalue weighted by atomic mass is 79.9. The van der Waals surface area contributed by atoms with E-state index in [0.29, 0.717) is 6.61 Å². The Morgan fingerprint density at radius 2 is 1.70 bits per heavy atom. The maximum Gasteiger partial charge on any atom is 0.124 e. The molecule has 0 atom stereocenters. The Kier molecular flexibility index (Phi) is 4.87. The first-order chi connectivity index (χ1) is 9.50. The second-order valence-electron chi connectivity index (χ2n) is 5.98. The first-order valence-electron chi connectivity index (χ1n) is 6.87. The van der Waals surface area contributed by atoms with Crippen LogP contribution in [0, 0.1) is 0 Å².